The van der Waals surface area contributed by atoms with Crippen LogP contribution in [-0.4, -0.2) is 48.6 Å². The van der Waals surface area contributed by atoms with Crippen LogP contribution in [0.3, 0.4) is 0 Å². The zero-order chi connectivity index (χ0) is 21.6. The minimum atomic E-state index is -1.03. The first kappa shape index (κ1) is 27.4. The molecule has 0 aromatic heterocycles. The first-order valence-corrected chi connectivity index (χ1v) is 11.5. The van der Waals surface area contributed by atoms with Gasteiger partial charge in [-0.3, -0.25) is 4.90 Å². The van der Waals surface area contributed by atoms with E-state index in [4.69, 9.17) is 5.11 Å². The number of allylic oxidation sites excluding steroid dienone is 4. The molecule has 0 aliphatic rings. The lowest BCUT2D eigenvalue weighted by Crippen LogP contribution is -2.42. The highest BCUT2D eigenvalue weighted by molar-refractivity contribution is 5.69. The highest BCUT2D eigenvalue weighted by atomic mass is 16.4. The standard InChI is InChI=1S/C24H44N2O3/c1-3-4-5-6-7-8-9-10-11-12-13-14-15-16-17-18-19-23(25-2)22-26(20-21-27)24(28)29/h7-8,10-11,21,23,25H,3-6,9,12-20,22H2,1-2H3,(H,28,29)/b8-7+,11-10+. The maximum absolute atomic E-state index is 11.1. The monoisotopic (exact) mass is 408 g/mol. The van der Waals surface area contributed by atoms with Crippen LogP contribution < -0.4 is 5.32 Å². The largest absolute Gasteiger partial charge is 0.465 e. The van der Waals surface area contributed by atoms with E-state index in [0.717, 1.165) is 19.3 Å². The lowest BCUT2D eigenvalue weighted by atomic mass is 10.0. The van der Waals surface area contributed by atoms with Gasteiger partial charge in [-0.2, -0.15) is 0 Å². The van der Waals surface area contributed by atoms with E-state index >= 15 is 0 Å². The van der Waals surface area contributed by atoms with Crippen LogP contribution in [0.5, 0.6) is 0 Å². The Morgan fingerprint density at radius 2 is 1.52 bits per heavy atom. The molecule has 0 aliphatic heterocycles. The van der Waals surface area contributed by atoms with Gasteiger partial charge in [0.2, 0.25) is 0 Å². The summed E-state index contributed by atoms with van der Waals surface area (Å²) in [6.07, 6.45) is 24.4. The first-order chi connectivity index (χ1) is 14.2. The molecule has 0 rings (SSSR count). The molecule has 2 N–H and O–H groups in total. The Labute approximate surface area is 178 Å². The van der Waals surface area contributed by atoms with Crippen molar-refractivity contribution in [2.24, 2.45) is 0 Å². The zero-order valence-electron chi connectivity index (χ0n) is 18.8. The molecule has 0 spiro atoms. The number of unbranched alkanes of at least 4 members (excludes halogenated alkanes) is 9. The molecule has 168 valence electrons. The molecule has 0 saturated carbocycles. The van der Waals surface area contributed by atoms with Gasteiger partial charge >= 0.3 is 6.09 Å². The lowest BCUT2D eigenvalue weighted by molar-refractivity contribution is -0.108. The van der Waals surface area contributed by atoms with E-state index in [1.54, 1.807) is 0 Å². The number of hydrogen-bond donors (Lipinski definition) is 2. The smallest absolute Gasteiger partial charge is 0.407 e. The third-order valence-electron chi connectivity index (χ3n) is 5.17. The van der Waals surface area contributed by atoms with Gasteiger partial charge in [0.1, 0.15) is 6.29 Å². The van der Waals surface area contributed by atoms with Gasteiger partial charge in [-0.05, 0) is 45.6 Å². The van der Waals surface area contributed by atoms with Gasteiger partial charge in [0, 0.05) is 12.6 Å². The maximum Gasteiger partial charge on any atom is 0.407 e. The summed E-state index contributed by atoms with van der Waals surface area (Å²) in [5.41, 5.74) is 0. The number of amides is 1. The second-order valence-corrected chi connectivity index (χ2v) is 7.71. The van der Waals surface area contributed by atoms with Gasteiger partial charge < -0.3 is 15.2 Å². The van der Waals surface area contributed by atoms with Crippen LogP contribution in [0.25, 0.3) is 0 Å². The summed E-state index contributed by atoms with van der Waals surface area (Å²) in [5.74, 6) is 0. The number of likely N-dealkylation sites (N-methyl/N-ethyl adjacent to an activating group) is 1. The van der Waals surface area contributed by atoms with Crippen LogP contribution in [0.1, 0.15) is 90.4 Å². The van der Waals surface area contributed by atoms with Crippen molar-refractivity contribution >= 4 is 12.4 Å². The average Bonchev–Trinajstić information content (AvgIpc) is 2.71. The molecular weight excluding hydrogens is 364 g/mol. The first-order valence-electron chi connectivity index (χ1n) is 11.5. The van der Waals surface area contributed by atoms with E-state index in [1.165, 1.54) is 69.1 Å². The van der Waals surface area contributed by atoms with E-state index < -0.39 is 6.09 Å². The molecule has 5 nitrogen and oxygen atoms in total. The van der Waals surface area contributed by atoms with Gasteiger partial charge in [0.15, 0.2) is 0 Å². The fourth-order valence-electron chi connectivity index (χ4n) is 3.29. The number of hydrogen-bond acceptors (Lipinski definition) is 3. The van der Waals surface area contributed by atoms with Crippen LogP contribution in [0.4, 0.5) is 4.79 Å². The fraction of sp³-hybridized carbons (Fsp3) is 0.750. The molecule has 0 fully saturated rings. The lowest BCUT2D eigenvalue weighted by Gasteiger charge is -2.23. The average molecular weight is 409 g/mol. The van der Waals surface area contributed by atoms with Gasteiger partial charge in [0.05, 0.1) is 6.54 Å². The highest BCUT2D eigenvalue weighted by Gasteiger charge is 2.16. The number of nitrogens with zero attached hydrogens (tertiary/aromatic N) is 1. The summed E-state index contributed by atoms with van der Waals surface area (Å²) in [6, 6.07) is 0.108. The Morgan fingerprint density at radius 3 is 2.07 bits per heavy atom. The Bertz CT molecular complexity index is 449. The third kappa shape index (κ3) is 18.2. The Kier molecular flexibility index (Phi) is 19.9. The summed E-state index contributed by atoms with van der Waals surface area (Å²) in [4.78, 5) is 22.8. The SMILES string of the molecule is CCCCC/C=C/C/C=C/CCCCCCCCC(CN(CC=O)C(=O)O)NC. The number of rotatable bonds is 20. The molecule has 5 heteroatoms. The van der Waals surface area contributed by atoms with Crippen molar-refractivity contribution in [3.05, 3.63) is 24.3 Å². The summed E-state index contributed by atoms with van der Waals surface area (Å²) < 4.78 is 0. The molecule has 1 amide bonds. The van der Waals surface area contributed by atoms with Gasteiger partial charge in [0.25, 0.3) is 0 Å². The number of carbonyl (C=O) groups excluding carboxylic acids is 1. The van der Waals surface area contributed by atoms with Gasteiger partial charge in [-0.25, -0.2) is 4.79 Å². The highest BCUT2D eigenvalue weighted by Crippen LogP contribution is 2.11. The van der Waals surface area contributed by atoms with Crippen molar-refractivity contribution in [3.8, 4) is 0 Å². The molecule has 1 unspecified atom stereocenters. The summed E-state index contributed by atoms with van der Waals surface area (Å²) in [5, 5.41) is 12.3. The van der Waals surface area contributed by atoms with Crippen LogP contribution in [0.15, 0.2) is 24.3 Å². The molecule has 0 saturated heterocycles. The molecule has 0 aliphatic carbocycles. The molecular formula is C24H44N2O3. The van der Waals surface area contributed by atoms with Crippen molar-refractivity contribution in [2.45, 2.75) is 96.4 Å². The predicted octanol–water partition coefficient (Wildman–Crippen LogP) is 5.96. The summed E-state index contributed by atoms with van der Waals surface area (Å²) >= 11 is 0. The van der Waals surface area contributed by atoms with Crippen LogP contribution in [0, 0.1) is 0 Å². The minimum Gasteiger partial charge on any atom is -0.465 e. The molecule has 0 aromatic rings. The maximum atomic E-state index is 11.1. The van der Waals surface area contributed by atoms with Crippen molar-refractivity contribution in [1.29, 1.82) is 0 Å². The summed E-state index contributed by atoms with van der Waals surface area (Å²) in [7, 11) is 1.85. The second kappa shape index (κ2) is 21.1. The van der Waals surface area contributed by atoms with Gasteiger partial charge in [-0.1, -0.05) is 76.2 Å². The van der Waals surface area contributed by atoms with Crippen molar-refractivity contribution < 1.29 is 14.7 Å². The Morgan fingerprint density at radius 1 is 0.931 bits per heavy atom. The third-order valence-corrected chi connectivity index (χ3v) is 5.17. The molecule has 0 bridgehead atoms. The number of nitrogens with one attached hydrogen (secondary N) is 1. The minimum absolute atomic E-state index is 0.0583. The van der Waals surface area contributed by atoms with E-state index in [9.17, 15) is 9.59 Å². The van der Waals surface area contributed by atoms with Crippen molar-refractivity contribution in [3.63, 3.8) is 0 Å². The number of aldehydes is 1. The van der Waals surface area contributed by atoms with Crippen molar-refractivity contribution in [1.82, 2.24) is 10.2 Å². The Hall–Kier alpha value is -1.62. The normalized spacial score (nSPS) is 12.6. The fourth-order valence-corrected chi connectivity index (χ4v) is 3.29. The molecule has 1 atom stereocenters. The predicted molar refractivity (Wildman–Crippen MR) is 122 cm³/mol. The topological polar surface area (TPSA) is 69.6 Å². The molecule has 0 aromatic carbocycles. The zero-order valence-corrected chi connectivity index (χ0v) is 18.8. The van der Waals surface area contributed by atoms with Crippen LogP contribution in [0.2, 0.25) is 0 Å². The quantitative estimate of drug-likeness (QED) is 0.148. The van der Waals surface area contributed by atoms with Crippen LogP contribution >= 0.6 is 0 Å². The second-order valence-electron chi connectivity index (χ2n) is 7.71. The van der Waals surface area contributed by atoms with E-state index in [-0.39, 0.29) is 12.6 Å². The molecule has 0 radical (unpaired) electrons. The molecule has 29 heavy (non-hydrogen) atoms. The van der Waals surface area contributed by atoms with E-state index in [1.807, 2.05) is 7.05 Å². The van der Waals surface area contributed by atoms with Gasteiger partial charge in [-0.15, -0.1) is 0 Å². The van der Waals surface area contributed by atoms with Crippen molar-refractivity contribution in [2.75, 3.05) is 20.1 Å². The van der Waals surface area contributed by atoms with E-state index in [2.05, 4.69) is 36.5 Å². The number of carboxylic acid groups (broad SMARTS) is 1. The summed E-state index contributed by atoms with van der Waals surface area (Å²) in [6.45, 7) is 2.55. The molecule has 0 heterocycles. The van der Waals surface area contributed by atoms with Crippen LogP contribution in [-0.2, 0) is 4.79 Å². The number of carbonyl (C=O) groups is 2. The Balaban J connectivity index is 3.58. The van der Waals surface area contributed by atoms with E-state index in [0.29, 0.717) is 12.8 Å².